The fourth-order valence-corrected chi connectivity index (χ4v) is 9.25. The summed E-state index contributed by atoms with van der Waals surface area (Å²) in [6, 6.07) is 4.74. The molecule has 1 aromatic carbocycles. The summed E-state index contributed by atoms with van der Waals surface area (Å²) in [5.41, 5.74) is 0.0341. The van der Waals surface area contributed by atoms with Crippen LogP contribution in [0.5, 0.6) is 11.5 Å². The first-order valence-electron chi connectivity index (χ1n) is 13.0. The SMILES string of the molecule is CCO[C@H]1OC[C@]23CCC[C@]1(C)[C@@H]2CC[C@]1(C)[C@@H]3CC[C@](C)(O)[C@H]1Cc1cc(O)ccc1O. The predicted molar refractivity (Wildman–Crippen MR) is 127 cm³/mol. The number of hydrogen-bond donors (Lipinski definition) is 3. The second kappa shape index (κ2) is 7.86. The van der Waals surface area contributed by atoms with Gasteiger partial charge in [-0.25, -0.2) is 0 Å². The van der Waals surface area contributed by atoms with Gasteiger partial charge in [0.15, 0.2) is 6.29 Å². The normalized spacial score (nSPS) is 46.9. The van der Waals surface area contributed by atoms with Crippen molar-refractivity contribution in [3.05, 3.63) is 23.8 Å². The molecule has 33 heavy (non-hydrogen) atoms. The number of aromatic hydroxyl groups is 2. The topological polar surface area (TPSA) is 79.2 Å². The average Bonchev–Trinajstić information content (AvgIpc) is 2.74. The van der Waals surface area contributed by atoms with E-state index in [2.05, 4.69) is 20.8 Å². The highest BCUT2D eigenvalue weighted by Gasteiger charge is 2.69. The quantitative estimate of drug-likeness (QED) is 0.526. The Morgan fingerprint density at radius 3 is 2.48 bits per heavy atom. The molecule has 0 spiro atoms. The van der Waals surface area contributed by atoms with E-state index < -0.39 is 5.60 Å². The number of phenolic OH excluding ortho intramolecular Hbond substituents is 2. The molecule has 0 aromatic heterocycles. The molecule has 3 aliphatic carbocycles. The van der Waals surface area contributed by atoms with Gasteiger partial charge in [-0.05, 0) is 106 Å². The zero-order chi connectivity index (χ0) is 23.6. The third kappa shape index (κ3) is 3.36. The van der Waals surface area contributed by atoms with Gasteiger partial charge in [-0.15, -0.1) is 0 Å². The summed E-state index contributed by atoms with van der Waals surface area (Å²) in [6.45, 7) is 10.3. The Labute approximate surface area is 198 Å². The number of fused-ring (bicyclic) bond motifs is 1. The molecule has 3 N–H and O–H groups in total. The molecular weight excluding hydrogens is 416 g/mol. The molecule has 0 amide bonds. The van der Waals surface area contributed by atoms with Crippen LogP contribution in [0.25, 0.3) is 0 Å². The van der Waals surface area contributed by atoms with Gasteiger partial charge in [0.25, 0.3) is 0 Å². The maximum absolute atomic E-state index is 11.6. The van der Waals surface area contributed by atoms with Crippen molar-refractivity contribution in [3.63, 3.8) is 0 Å². The van der Waals surface area contributed by atoms with Crippen LogP contribution in [0.4, 0.5) is 0 Å². The van der Waals surface area contributed by atoms with Crippen molar-refractivity contribution >= 4 is 0 Å². The molecule has 4 fully saturated rings. The first-order valence-corrected chi connectivity index (χ1v) is 13.0. The molecule has 2 bridgehead atoms. The van der Waals surface area contributed by atoms with Gasteiger partial charge in [0.1, 0.15) is 11.5 Å². The van der Waals surface area contributed by atoms with E-state index in [1.54, 1.807) is 12.1 Å². The van der Waals surface area contributed by atoms with Crippen molar-refractivity contribution in [1.29, 1.82) is 0 Å². The van der Waals surface area contributed by atoms with Crippen molar-refractivity contribution in [2.45, 2.75) is 91.0 Å². The standard InChI is InChI=1S/C28H42O5/c1-5-32-24-26(3)11-6-12-28(17-33-24)21-10-14-27(4,31)23(25(21,2)13-9-22(26)28)16-18-15-19(29)7-8-20(18)30/h7-8,15,21-24,29-31H,5-6,9-14,16-17H2,1-4H3/t21-,22-,23-,24-,25+,26+,27-,28-/m0/s1. The first-order chi connectivity index (χ1) is 15.6. The zero-order valence-corrected chi connectivity index (χ0v) is 20.8. The summed E-state index contributed by atoms with van der Waals surface area (Å²) in [5.74, 6) is 1.42. The molecule has 184 valence electrons. The minimum Gasteiger partial charge on any atom is -0.508 e. The lowest BCUT2D eigenvalue weighted by Crippen LogP contribution is -2.69. The zero-order valence-electron chi connectivity index (χ0n) is 20.8. The number of ether oxygens (including phenoxy) is 2. The Morgan fingerprint density at radius 1 is 1.00 bits per heavy atom. The summed E-state index contributed by atoms with van der Waals surface area (Å²) in [6.07, 6.45) is 8.00. The number of hydrogen-bond acceptors (Lipinski definition) is 5. The van der Waals surface area contributed by atoms with Gasteiger partial charge in [0, 0.05) is 17.4 Å². The Kier molecular flexibility index (Phi) is 5.58. The van der Waals surface area contributed by atoms with E-state index in [1.807, 2.05) is 6.92 Å². The maximum atomic E-state index is 11.6. The second-order valence-electron chi connectivity index (χ2n) is 12.3. The predicted octanol–water partition coefficient (Wildman–Crippen LogP) is 5.40. The van der Waals surface area contributed by atoms with Crippen molar-refractivity contribution in [1.82, 2.24) is 0 Å². The van der Waals surface area contributed by atoms with Gasteiger partial charge in [-0.3, -0.25) is 0 Å². The van der Waals surface area contributed by atoms with E-state index >= 15 is 0 Å². The number of benzene rings is 1. The first kappa shape index (κ1) is 23.4. The molecule has 0 radical (unpaired) electrons. The molecule has 1 aromatic rings. The van der Waals surface area contributed by atoms with Crippen LogP contribution >= 0.6 is 0 Å². The molecule has 3 saturated carbocycles. The highest BCUT2D eigenvalue weighted by atomic mass is 16.7. The molecule has 1 aliphatic heterocycles. The van der Waals surface area contributed by atoms with Crippen LogP contribution in [0.2, 0.25) is 0 Å². The number of rotatable bonds is 4. The van der Waals surface area contributed by atoms with Crippen LogP contribution in [0.1, 0.15) is 78.2 Å². The van der Waals surface area contributed by atoms with E-state index in [0.29, 0.717) is 24.9 Å². The van der Waals surface area contributed by atoms with Crippen molar-refractivity contribution in [2.75, 3.05) is 13.2 Å². The summed E-state index contributed by atoms with van der Waals surface area (Å²) >= 11 is 0. The Hall–Kier alpha value is -1.30. The Balaban J connectivity index is 1.53. The fourth-order valence-electron chi connectivity index (χ4n) is 9.25. The van der Waals surface area contributed by atoms with Gasteiger partial charge in [-0.2, -0.15) is 0 Å². The monoisotopic (exact) mass is 458 g/mol. The molecule has 4 aliphatic rings. The van der Waals surface area contributed by atoms with Gasteiger partial charge >= 0.3 is 0 Å². The fraction of sp³-hybridized carbons (Fsp3) is 0.786. The largest absolute Gasteiger partial charge is 0.508 e. The highest BCUT2D eigenvalue weighted by Crippen LogP contribution is 2.72. The van der Waals surface area contributed by atoms with Crippen LogP contribution in [0, 0.1) is 34.0 Å². The van der Waals surface area contributed by atoms with Gasteiger partial charge in [-0.1, -0.05) is 20.3 Å². The minimum absolute atomic E-state index is 0.00423. The van der Waals surface area contributed by atoms with Gasteiger partial charge in [0.2, 0.25) is 0 Å². The van der Waals surface area contributed by atoms with E-state index in [1.165, 1.54) is 18.9 Å². The lowest BCUT2D eigenvalue weighted by Gasteiger charge is -2.71. The van der Waals surface area contributed by atoms with E-state index in [4.69, 9.17) is 9.47 Å². The van der Waals surface area contributed by atoms with Crippen LogP contribution in [-0.4, -0.2) is 40.4 Å². The van der Waals surface area contributed by atoms with Gasteiger partial charge < -0.3 is 24.8 Å². The summed E-state index contributed by atoms with van der Waals surface area (Å²) < 4.78 is 12.6. The van der Waals surface area contributed by atoms with Crippen molar-refractivity contribution in [2.24, 2.45) is 34.0 Å². The van der Waals surface area contributed by atoms with Gasteiger partial charge in [0.05, 0.1) is 12.2 Å². The second-order valence-corrected chi connectivity index (χ2v) is 12.3. The summed E-state index contributed by atoms with van der Waals surface area (Å²) in [5, 5.41) is 32.2. The molecule has 8 atom stereocenters. The Morgan fingerprint density at radius 2 is 1.73 bits per heavy atom. The Bertz CT molecular complexity index is 898. The van der Waals surface area contributed by atoms with E-state index in [0.717, 1.165) is 44.3 Å². The van der Waals surface area contributed by atoms with Crippen LogP contribution in [-0.2, 0) is 15.9 Å². The third-order valence-electron chi connectivity index (χ3n) is 10.6. The molecular formula is C28H42O5. The van der Waals surface area contributed by atoms with Crippen LogP contribution in [0.3, 0.4) is 0 Å². The molecule has 5 rings (SSSR count). The smallest absolute Gasteiger partial charge is 0.163 e. The van der Waals surface area contributed by atoms with Crippen LogP contribution in [0.15, 0.2) is 18.2 Å². The maximum Gasteiger partial charge on any atom is 0.163 e. The lowest BCUT2D eigenvalue weighted by molar-refractivity contribution is -0.337. The van der Waals surface area contributed by atoms with Crippen molar-refractivity contribution in [3.8, 4) is 11.5 Å². The third-order valence-corrected chi connectivity index (χ3v) is 10.6. The lowest BCUT2D eigenvalue weighted by atomic mass is 9.37. The molecule has 5 nitrogen and oxygen atoms in total. The summed E-state index contributed by atoms with van der Waals surface area (Å²) in [7, 11) is 0. The summed E-state index contributed by atoms with van der Waals surface area (Å²) in [4.78, 5) is 0. The number of phenols is 2. The molecule has 5 heteroatoms. The molecule has 0 unspecified atom stereocenters. The minimum atomic E-state index is -0.812. The van der Waals surface area contributed by atoms with Crippen LogP contribution < -0.4 is 0 Å². The molecule has 1 heterocycles. The average molecular weight is 459 g/mol. The van der Waals surface area contributed by atoms with E-state index in [-0.39, 0.29) is 40.0 Å². The number of aliphatic hydroxyl groups is 1. The van der Waals surface area contributed by atoms with E-state index in [9.17, 15) is 15.3 Å². The molecule has 1 saturated heterocycles. The highest BCUT2D eigenvalue weighted by molar-refractivity contribution is 5.39. The van der Waals surface area contributed by atoms with Crippen molar-refractivity contribution < 1.29 is 24.8 Å².